The van der Waals surface area contributed by atoms with Crippen LogP contribution in [0.15, 0.2) is 51.9 Å². The number of amides is 3. The lowest BCUT2D eigenvalue weighted by molar-refractivity contribution is -0.159. The maximum Gasteiger partial charge on any atom is 0.471 e. The molecule has 0 saturated carbocycles. The number of alkyl halides is 3. The number of hydrogen-bond donors (Lipinski definition) is 3. The number of hydrogen-bond acceptors (Lipinski definition) is 9. The van der Waals surface area contributed by atoms with Crippen LogP contribution in [0.3, 0.4) is 0 Å². The van der Waals surface area contributed by atoms with Crippen molar-refractivity contribution in [3.8, 4) is 11.4 Å². The number of nitrogen functional groups attached to an aromatic ring is 1. The van der Waals surface area contributed by atoms with Crippen LogP contribution in [-0.2, 0) is 22.3 Å². The van der Waals surface area contributed by atoms with E-state index < -0.39 is 41.6 Å². The van der Waals surface area contributed by atoms with Crippen LogP contribution in [0, 0.1) is 0 Å². The average Bonchev–Trinajstić information content (AvgIpc) is 3.35. The van der Waals surface area contributed by atoms with E-state index in [0.29, 0.717) is 16.1 Å². The number of fused-ring (bicyclic) bond motifs is 1. The number of aromatic nitrogens is 2. The monoisotopic (exact) mass is 578 g/mol. The van der Waals surface area contributed by atoms with Gasteiger partial charge in [-0.25, -0.2) is 10.6 Å². The Morgan fingerprint density at radius 3 is 2.48 bits per heavy atom. The van der Waals surface area contributed by atoms with Gasteiger partial charge in [-0.2, -0.15) is 18.2 Å². The predicted octanol–water partition coefficient (Wildman–Crippen LogP) is 3.89. The van der Waals surface area contributed by atoms with Gasteiger partial charge in [-0.1, -0.05) is 29.4 Å². The van der Waals surface area contributed by atoms with Crippen LogP contribution in [0.1, 0.15) is 42.6 Å². The van der Waals surface area contributed by atoms with Gasteiger partial charge in [0.2, 0.25) is 5.82 Å². The van der Waals surface area contributed by atoms with Crippen molar-refractivity contribution in [1.82, 2.24) is 20.9 Å². The van der Waals surface area contributed by atoms with Crippen molar-refractivity contribution < 1.29 is 36.8 Å². The molecule has 212 valence electrons. The lowest BCUT2D eigenvalue weighted by atomic mass is 10.1. The summed E-state index contributed by atoms with van der Waals surface area (Å²) in [6.07, 6.45) is -5.53. The van der Waals surface area contributed by atoms with E-state index in [1.165, 1.54) is 34.9 Å². The molecule has 2 heterocycles. The molecule has 0 fully saturated rings. The number of benzene rings is 2. The number of rotatable bonds is 5. The molecule has 0 radical (unpaired) electrons. The van der Waals surface area contributed by atoms with Gasteiger partial charge in [-0.05, 0) is 44.5 Å². The molecular formula is C25H25F3N6O5S. The second-order valence-electron chi connectivity index (χ2n) is 9.71. The molecule has 0 saturated heterocycles. The van der Waals surface area contributed by atoms with Gasteiger partial charge in [-0.3, -0.25) is 15.0 Å². The van der Waals surface area contributed by atoms with Crippen molar-refractivity contribution in [3.05, 3.63) is 59.5 Å². The van der Waals surface area contributed by atoms with E-state index in [2.05, 4.69) is 25.4 Å². The quantitative estimate of drug-likeness (QED) is 0.233. The van der Waals surface area contributed by atoms with Crippen molar-refractivity contribution in [1.29, 1.82) is 0 Å². The number of thioether (sulfide) groups is 1. The minimum absolute atomic E-state index is 0.00686. The molecule has 1 atom stereocenters. The molecule has 15 heteroatoms. The number of carbonyl (C=O) groups is 3. The maximum absolute atomic E-state index is 13.7. The summed E-state index contributed by atoms with van der Waals surface area (Å²) in [7, 11) is 0. The Morgan fingerprint density at radius 2 is 1.88 bits per heavy atom. The molecule has 0 spiro atoms. The average molecular weight is 579 g/mol. The Labute approximate surface area is 230 Å². The molecule has 4 rings (SSSR count). The van der Waals surface area contributed by atoms with E-state index in [4.69, 9.17) is 10.6 Å². The highest BCUT2D eigenvalue weighted by Gasteiger charge is 2.38. The molecule has 1 aromatic heterocycles. The number of ether oxygens (including phenoxy) is 1. The van der Waals surface area contributed by atoms with Crippen molar-refractivity contribution in [2.75, 3.05) is 10.7 Å². The summed E-state index contributed by atoms with van der Waals surface area (Å²) in [6.45, 7) is 5.10. The van der Waals surface area contributed by atoms with Gasteiger partial charge in [0.15, 0.2) is 0 Å². The van der Waals surface area contributed by atoms with Crippen LogP contribution in [0.2, 0.25) is 0 Å². The minimum Gasteiger partial charge on any atom is -0.444 e. The molecule has 3 aromatic rings. The van der Waals surface area contributed by atoms with E-state index in [-0.39, 0.29) is 29.2 Å². The number of anilines is 1. The Bertz CT molecular complexity index is 1420. The van der Waals surface area contributed by atoms with Gasteiger partial charge in [0.05, 0.1) is 12.2 Å². The van der Waals surface area contributed by atoms with Crippen LogP contribution in [0.5, 0.6) is 0 Å². The normalized spacial score (nSPS) is 15.7. The summed E-state index contributed by atoms with van der Waals surface area (Å²) in [4.78, 5) is 43.9. The van der Waals surface area contributed by atoms with Gasteiger partial charge in [0, 0.05) is 21.8 Å². The SMILES string of the molecule is CC(C)(C)OC(=O)N[C@H]1CSc2ccc(C(=O)NN)cc2N(Cc2ccc(-c3noc(C(F)(F)F)n3)cc2)C1=O. The van der Waals surface area contributed by atoms with Crippen LogP contribution >= 0.6 is 11.8 Å². The van der Waals surface area contributed by atoms with E-state index in [1.54, 1.807) is 45.0 Å². The first-order valence-electron chi connectivity index (χ1n) is 11.8. The van der Waals surface area contributed by atoms with Gasteiger partial charge in [0.1, 0.15) is 11.6 Å². The largest absolute Gasteiger partial charge is 0.471 e. The molecular weight excluding hydrogens is 553 g/mol. The first-order chi connectivity index (χ1) is 18.7. The van der Waals surface area contributed by atoms with Crippen molar-refractivity contribution in [2.24, 2.45) is 5.84 Å². The number of halogens is 3. The fourth-order valence-corrected chi connectivity index (χ4v) is 4.79. The maximum atomic E-state index is 13.7. The Hall–Kier alpha value is -4.11. The molecule has 0 aliphatic carbocycles. The minimum atomic E-state index is -4.77. The zero-order chi connectivity index (χ0) is 29.2. The number of alkyl carbamates (subject to hydrolysis) is 1. The summed E-state index contributed by atoms with van der Waals surface area (Å²) in [6, 6.07) is 9.97. The van der Waals surface area contributed by atoms with Gasteiger partial charge in [-0.15, -0.1) is 11.8 Å². The fraction of sp³-hybridized carbons (Fsp3) is 0.320. The number of hydrazine groups is 1. The molecule has 1 aliphatic heterocycles. The van der Waals surface area contributed by atoms with Crippen molar-refractivity contribution in [2.45, 2.75) is 50.0 Å². The number of nitrogens with one attached hydrogen (secondary N) is 2. The Kier molecular flexibility index (Phi) is 8.07. The zero-order valence-corrected chi connectivity index (χ0v) is 22.4. The lowest BCUT2D eigenvalue weighted by Crippen LogP contribution is -2.50. The van der Waals surface area contributed by atoms with Crippen LogP contribution in [0.4, 0.5) is 23.7 Å². The van der Waals surface area contributed by atoms with Crippen LogP contribution in [0.25, 0.3) is 11.4 Å². The second kappa shape index (κ2) is 11.2. The highest BCUT2D eigenvalue weighted by molar-refractivity contribution is 7.99. The Morgan fingerprint density at radius 1 is 1.18 bits per heavy atom. The number of carbonyl (C=O) groups excluding carboxylic acids is 3. The predicted molar refractivity (Wildman–Crippen MR) is 138 cm³/mol. The van der Waals surface area contributed by atoms with Crippen molar-refractivity contribution in [3.63, 3.8) is 0 Å². The molecule has 11 nitrogen and oxygen atoms in total. The zero-order valence-electron chi connectivity index (χ0n) is 21.5. The molecule has 4 N–H and O–H groups in total. The lowest BCUT2D eigenvalue weighted by Gasteiger charge is -2.27. The molecule has 40 heavy (non-hydrogen) atoms. The summed E-state index contributed by atoms with van der Waals surface area (Å²) in [5.74, 6) is 2.76. The van der Waals surface area contributed by atoms with Crippen LogP contribution in [-0.4, -0.2) is 45.4 Å². The first-order valence-corrected chi connectivity index (χ1v) is 12.8. The molecule has 2 aromatic carbocycles. The van der Waals surface area contributed by atoms with E-state index in [1.807, 2.05) is 0 Å². The third-order valence-corrected chi connectivity index (χ3v) is 6.68. The molecule has 3 amide bonds. The standard InChI is InChI=1S/C25H25F3N6O5S/c1-24(2,3)38-23(37)30-16-12-40-18-9-8-15(20(35)32-29)10-17(18)34(21(16)36)11-13-4-6-14(7-5-13)19-31-22(39-33-19)25(26,27)28/h4-10,16H,11-12,29H2,1-3H3,(H,30,37)(H,32,35)/t16-/m0/s1. The molecule has 1 aliphatic rings. The van der Waals surface area contributed by atoms with Crippen molar-refractivity contribution >= 4 is 35.4 Å². The van der Waals surface area contributed by atoms with E-state index in [9.17, 15) is 27.6 Å². The van der Waals surface area contributed by atoms with Gasteiger partial charge in [0.25, 0.3) is 11.8 Å². The fourth-order valence-electron chi connectivity index (χ4n) is 3.74. The van der Waals surface area contributed by atoms with E-state index in [0.717, 1.165) is 0 Å². The second-order valence-corrected chi connectivity index (χ2v) is 10.8. The highest BCUT2D eigenvalue weighted by Crippen LogP contribution is 2.36. The summed E-state index contributed by atoms with van der Waals surface area (Å²) in [5.41, 5.74) is 2.78. The number of nitrogens with zero attached hydrogens (tertiary/aromatic N) is 3. The van der Waals surface area contributed by atoms with E-state index >= 15 is 0 Å². The van der Waals surface area contributed by atoms with Crippen LogP contribution < -0.4 is 21.5 Å². The third kappa shape index (κ3) is 6.71. The van der Waals surface area contributed by atoms with Gasteiger partial charge < -0.3 is 19.5 Å². The molecule has 0 bridgehead atoms. The van der Waals surface area contributed by atoms with Gasteiger partial charge >= 0.3 is 18.2 Å². The third-order valence-electron chi connectivity index (χ3n) is 5.52. The summed E-state index contributed by atoms with van der Waals surface area (Å²) < 4.78 is 48.1. The summed E-state index contributed by atoms with van der Waals surface area (Å²) in [5, 5.41) is 5.99. The summed E-state index contributed by atoms with van der Waals surface area (Å²) >= 11 is 1.31. The topological polar surface area (TPSA) is 153 Å². The highest BCUT2D eigenvalue weighted by atomic mass is 32.2. The smallest absolute Gasteiger partial charge is 0.444 e. The first kappa shape index (κ1) is 28.9. The molecule has 0 unspecified atom stereocenters. The number of nitrogens with two attached hydrogens (primary N) is 1. The Balaban J connectivity index is 1.64.